The van der Waals surface area contributed by atoms with Gasteiger partial charge in [-0.2, -0.15) is 4.21 Å². The van der Waals surface area contributed by atoms with E-state index in [2.05, 4.69) is 21.2 Å². The van der Waals surface area contributed by atoms with E-state index in [0.29, 0.717) is 11.1 Å². The highest BCUT2D eigenvalue weighted by molar-refractivity contribution is 7.55. The molecule has 0 radical (unpaired) electrons. The van der Waals surface area contributed by atoms with Crippen molar-refractivity contribution in [3.8, 4) is 11.8 Å². The maximum atomic E-state index is 11.5. The molecule has 0 aliphatic carbocycles. The van der Waals surface area contributed by atoms with Crippen LogP contribution >= 0.6 is 0 Å². The number of rotatable bonds is 2. The number of carbonyl (C=O) groups excluding carboxylic acids is 2. The van der Waals surface area contributed by atoms with Crippen molar-refractivity contribution in [2.24, 2.45) is 4.36 Å². The van der Waals surface area contributed by atoms with Crippen molar-refractivity contribution >= 4 is 23.2 Å². The second kappa shape index (κ2) is 7.20. The highest BCUT2D eigenvalue weighted by Gasteiger charge is 2.04. The molecule has 108 valence electrons. The smallest absolute Gasteiger partial charge is 0.291 e. The van der Waals surface area contributed by atoms with Crippen molar-refractivity contribution in [3.05, 3.63) is 65.0 Å². The Kier molecular flexibility index (Phi) is 5.07. The SMILES string of the molecule is CC(=O)c1ccc(C#Cc2cncc(C(=O)N=S=O)c2)cc1. The summed E-state index contributed by atoms with van der Waals surface area (Å²) in [5.74, 6) is 5.14. The van der Waals surface area contributed by atoms with Crippen LogP contribution in [0.1, 0.15) is 38.8 Å². The monoisotopic (exact) mass is 310 g/mol. The topological polar surface area (TPSA) is 76.5 Å². The normalized spacial score (nSPS) is 9.32. The van der Waals surface area contributed by atoms with Crippen LogP contribution in [-0.4, -0.2) is 20.9 Å². The summed E-state index contributed by atoms with van der Waals surface area (Å²) >= 11 is -0.142. The molecule has 2 rings (SSSR count). The van der Waals surface area contributed by atoms with Crippen molar-refractivity contribution in [2.75, 3.05) is 0 Å². The number of Topliss-reactive ketones (excluding diaryl/α,β-unsaturated/α-hetero) is 1. The van der Waals surface area contributed by atoms with Crippen LogP contribution in [0.3, 0.4) is 0 Å². The Morgan fingerprint density at radius 3 is 2.36 bits per heavy atom. The molecule has 0 atom stereocenters. The van der Waals surface area contributed by atoms with Crippen molar-refractivity contribution < 1.29 is 13.8 Å². The lowest BCUT2D eigenvalue weighted by Gasteiger charge is -1.96. The summed E-state index contributed by atoms with van der Waals surface area (Å²) in [6, 6.07) is 8.42. The third-order valence-corrected chi connectivity index (χ3v) is 2.99. The van der Waals surface area contributed by atoms with Gasteiger partial charge < -0.3 is 0 Å². The first-order chi connectivity index (χ1) is 10.6. The van der Waals surface area contributed by atoms with Gasteiger partial charge in [-0.05, 0) is 25.1 Å². The van der Waals surface area contributed by atoms with E-state index in [-0.39, 0.29) is 22.8 Å². The molecule has 1 aromatic heterocycles. The fourth-order valence-corrected chi connectivity index (χ4v) is 1.82. The first-order valence-electron chi connectivity index (χ1n) is 6.22. The van der Waals surface area contributed by atoms with E-state index >= 15 is 0 Å². The number of amides is 1. The molecule has 0 unspecified atom stereocenters. The predicted molar refractivity (Wildman–Crippen MR) is 81.6 cm³/mol. The average Bonchev–Trinajstić information content (AvgIpc) is 2.54. The molecule has 0 saturated heterocycles. The van der Waals surface area contributed by atoms with Crippen LogP contribution < -0.4 is 0 Å². The zero-order valence-electron chi connectivity index (χ0n) is 11.6. The van der Waals surface area contributed by atoms with Crippen LogP contribution in [0, 0.1) is 11.8 Å². The van der Waals surface area contributed by atoms with Crippen molar-refractivity contribution in [3.63, 3.8) is 0 Å². The zero-order chi connectivity index (χ0) is 15.9. The molecule has 1 heterocycles. The highest BCUT2D eigenvalue weighted by Crippen LogP contribution is 2.06. The maximum Gasteiger partial charge on any atom is 0.291 e. The summed E-state index contributed by atoms with van der Waals surface area (Å²) in [7, 11) is 0. The van der Waals surface area contributed by atoms with Gasteiger partial charge in [0.05, 0.1) is 5.56 Å². The number of carbonyl (C=O) groups is 2. The van der Waals surface area contributed by atoms with E-state index in [9.17, 15) is 13.8 Å². The Balaban J connectivity index is 2.24. The average molecular weight is 310 g/mol. The van der Waals surface area contributed by atoms with Gasteiger partial charge in [-0.25, -0.2) is 0 Å². The molecule has 0 fully saturated rings. The van der Waals surface area contributed by atoms with Crippen LogP contribution in [0.2, 0.25) is 0 Å². The van der Waals surface area contributed by atoms with Crippen LogP contribution in [0.15, 0.2) is 47.1 Å². The van der Waals surface area contributed by atoms with E-state index < -0.39 is 5.91 Å². The number of pyridine rings is 1. The first-order valence-corrected chi connectivity index (χ1v) is 6.92. The number of hydrogen-bond acceptors (Lipinski definition) is 4. The summed E-state index contributed by atoms with van der Waals surface area (Å²) in [5, 5.41) is 0. The zero-order valence-corrected chi connectivity index (χ0v) is 12.4. The Bertz CT molecular complexity index is 842. The third kappa shape index (κ3) is 4.04. The van der Waals surface area contributed by atoms with E-state index in [4.69, 9.17) is 0 Å². The van der Waals surface area contributed by atoms with Gasteiger partial charge in [0.2, 0.25) is 11.5 Å². The fraction of sp³-hybridized carbons (Fsp3) is 0.0625. The Labute approximate surface area is 130 Å². The molecule has 0 saturated carbocycles. The van der Waals surface area contributed by atoms with E-state index in [0.717, 1.165) is 5.56 Å². The molecule has 0 spiro atoms. The number of benzene rings is 1. The molecule has 1 amide bonds. The van der Waals surface area contributed by atoms with Gasteiger partial charge >= 0.3 is 0 Å². The Morgan fingerprint density at radius 2 is 1.73 bits per heavy atom. The summed E-state index contributed by atoms with van der Waals surface area (Å²) in [5.41, 5.74) is 2.10. The van der Waals surface area contributed by atoms with E-state index in [1.165, 1.54) is 25.4 Å². The van der Waals surface area contributed by atoms with Gasteiger partial charge in [0.1, 0.15) is 0 Å². The summed E-state index contributed by atoms with van der Waals surface area (Å²) in [6.07, 6.45) is 2.84. The van der Waals surface area contributed by atoms with Gasteiger partial charge in [-0.3, -0.25) is 14.6 Å². The minimum absolute atomic E-state index is 0.00471. The van der Waals surface area contributed by atoms with Crippen LogP contribution in [-0.2, 0) is 11.5 Å². The van der Waals surface area contributed by atoms with Gasteiger partial charge in [0.15, 0.2) is 5.78 Å². The van der Waals surface area contributed by atoms with Crippen molar-refractivity contribution in [1.29, 1.82) is 0 Å². The number of aromatic nitrogens is 1. The van der Waals surface area contributed by atoms with Gasteiger partial charge in [0.25, 0.3) is 5.91 Å². The fourth-order valence-electron chi connectivity index (χ4n) is 1.64. The molecule has 6 heteroatoms. The predicted octanol–water partition coefficient (Wildman–Crippen LogP) is 2.22. The van der Waals surface area contributed by atoms with Gasteiger partial charge in [0, 0.05) is 29.1 Å². The standard InChI is InChI=1S/C16H10N2O3S/c1-11(19)14-6-4-12(5-7-14)2-3-13-8-15(10-17-9-13)16(20)18-22-21/h4-10H,1H3. The van der Waals surface area contributed by atoms with Crippen molar-refractivity contribution in [1.82, 2.24) is 4.98 Å². The second-order valence-electron chi connectivity index (χ2n) is 4.32. The summed E-state index contributed by atoms with van der Waals surface area (Å²) in [6.45, 7) is 1.50. The summed E-state index contributed by atoms with van der Waals surface area (Å²) < 4.78 is 13.4. The van der Waals surface area contributed by atoms with Crippen LogP contribution in [0.5, 0.6) is 0 Å². The van der Waals surface area contributed by atoms with Crippen LogP contribution in [0.25, 0.3) is 0 Å². The van der Waals surface area contributed by atoms with Gasteiger partial charge in [-0.1, -0.05) is 24.0 Å². The minimum Gasteiger partial charge on any atom is -0.295 e. The Morgan fingerprint density at radius 1 is 1.05 bits per heavy atom. The lowest BCUT2D eigenvalue weighted by Crippen LogP contribution is -1.95. The number of hydrogen-bond donors (Lipinski definition) is 0. The molecular formula is C16H10N2O3S. The summed E-state index contributed by atoms with van der Waals surface area (Å²) in [4.78, 5) is 26.5. The first kappa shape index (κ1) is 15.5. The molecular weight excluding hydrogens is 300 g/mol. The molecule has 1 aromatic carbocycles. The molecule has 22 heavy (non-hydrogen) atoms. The van der Waals surface area contributed by atoms with Crippen LogP contribution in [0.4, 0.5) is 0 Å². The molecule has 0 bridgehead atoms. The van der Waals surface area contributed by atoms with E-state index in [1.807, 2.05) is 0 Å². The second-order valence-corrected chi connectivity index (χ2v) is 4.65. The van der Waals surface area contributed by atoms with Gasteiger partial charge in [-0.15, -0.1) is 4.36 Å². The quantitative estimate of drug-likeness (QED) is 0.629. The third-order valence-electron chi connectivity index (χ3n) is 2.75. The van der Waals surface area contributed by atoms with E-state index in [1.54, 1.807) is 24.3 Å². The molecule has 0 aliphatic rings. The molecule has 5 nitrogen and oxygen atoms in total. The molecule has 0 N–H and O–H groups in total. The van der Waals surface area contributed by atoms with Crippen molar-refractivity contribution in [2.45, 2.75) is 6.92 Å². The maximum absolute atomic E-state index is 11.5. The molecule has 0 aliphatic heterocycles. The lowest BCUT2D eigenvalue weighted by molar-refractivity contribution is 0.1000. The Hall–Kier alpha value is -2.91. The number of nitrogens with zero attached hydrogens (tertiary/aromatic N) is 2. The lowest BCUT2D eigenvalue weighted by atomic mass is 10.1. The number of ketones is 1. The largest absolute Gasteiger partial charge is 0.295 e. The minimum atomic E-state index is -0.637. The molecule has 2 aromatic rings. The highest BCUT2D eigenvalue weighted by atomic mass is 32.1.